The molecule has 0 fully saturated rings. The molecule has 34 heavy (non-hydrogen) atoms. The zero-order valence-electron chi connectivity index (χ0n) is 18.7. The van der Waals surface area contributed by atoms with E-state index in [1.165, 1.54) is 5.56 Å². The van der Waals surface area contributed by atoms with Crippen LogP contribution < -0.4 is 26.9 Å². The molecule has 0 radical (unpaired) electrons. The number of carbonyl (C=O) groups is 2. The summed E-state index contributed by atoms with van der Waals surface area (Å²) in [4.78, 5) is 29.5. The van der Waals surface area contributed by atoms with Gasteiger partial charge < -0.3 is 27.3 Å². The molecule has 6 rings (SSSR count). The number of rotatable bonds is 3. The van der Waals surface area contributed by atoms with E-state index < -0.39 is 0 Å². The summed E-state index contributed by atoms with van der Waals surface area (Å²) in [5.74, 6) is 0.284. The Morgan fingerprint density at radius 3 is 2.47 bits per heavy atom. The molecule has 2 aromatic heterocycles. The van der Waals surface area contributed by atoms with Gasteiger partial charge in [0.2, 0.25) is 5.69 Å². The van der Waals surface area contributed by atoms with E-state index in [1.54, 1.807) is 6.07 Å². The van der Waals surface area contributed by atoms with Gasteiger partial charge in [0.25, 0.3) is 17.4 Å². The predicted molar refractivity (Wildman–Crippen MR) is 129 cm³/mol. The van der Waals surface area contributed by atoms with Gasteiger partial charge >= 0.3 is 0 Å². The lowest BCUT2D eigenvalue weighted by Crippen LogP contribution is -3.00. The molecule has 3 heterocycles. The monoisotopic (exact) mass is 511 g/mol. The Bertz CT molecular complexity index is 1600. The molecule has 1 amide bonds. The Labute approximate surface area is 207 Å². The third-order valence-corrected chi connectivity index (χ3v) is 6.43. The zero-order chi connectivity index (χ0) is 22.7. The number of aromatic nitrogens is 2. The quantitative estimate of drug-likeness (QED) is 0.358. The first-order chi connectivity index (χ1) is 16.0. The number of aromatic amines is 1. The topological polar surface area (TPSA) is 65.8 Å². The number of hydrogen-bond donors (Lipinski definition) is 2. The fourth-order valence-electron chi connectivity index (χ4n) is 4.64. The van der Waals surface area contributed by atoms with Crippen molar-refractivity contribution < 1.29 is 31.1 Å². The van der Waals surface area contributed by atoms with Crippen LogP contribution in [0.2, 0.25) is 0 Å². The SMILES string of the molecule is CC(C)c1ccc(NC(=O)c2ccc3[nH]c4c5[n+](ccc4c3c2)-c2ccccc2C5=O)cc1.[Br-]. The average Bonchev–Trinajstić information content (AvgIpc) is 3.34. The van der Waals surface area contributed by atoms with E-state index in [1.807, 2.05) is 77.5 Å². The van der Waals surface area contributed by atoms with Crippen molar-refractivity contribution in [2.75, 3.05) is 5.32 Å². The summed E-state index contributed by atoms with van der Waals surface area (Å²) in [5, 5.41) is 4.82. The van der Waals surface area contributed by atoms with Crippen LogP contribution in [0.1, 0.15) is 51.7 Å². The van der Waals surface area contributed by atoms with Crippen LogP contribution in [0.4, 0.5) is 5.69 Å². The number of halogens is 1. The largest absolute Gasteiger partial charge is 1.00 e. The highest BCUT2D eigenvalue weighted by Crippen LogP contribution is 2.31. The summed E-state index contributed by atoms with van der Waals surface area (Å²) in [6.45, 7) is 4.29. The van der Waals surface area contributed by atoms with Crippen LogP contribution in [-0.2, 0) is 0 Å². The molecule has 0 atom stereocenters. The van der Waals surface area contributed by atoms with E-state index in [0.717, 1.165) is 33.2 Å². The first-order valence-electron chi connectivity index (χ1n) is 11.1. The lowest BCUT2D eigenvalue weighted by Gasteiger charge is -2.08. The second-order valence-electron chi connectivity index (χ2n) is 8.79. The number of ketones is 1. The minimum atomic E-state index is -0.164. The number of fused-ring (bicyclic) bond motifs is 7. The van der Waals surface area contributed by atoms with Crippen LogP contribution in [-0.4, -0.2) is 16.7 Å². The van der Waals surface area contributed by atoms with Crippen LogP contribution in [0, 0.1) is 0 Å². The van der Waals surface area contributed by atoms with Gasteiger partial charge in [-0.05, 0) is 47.9 Å². The van der Waals surface area contributed by atoms with E-state index in [4.69, 9.17) is 0 Å². The van der Waals surface area contributed by atoms with Crippen molar-refractivity contribution >= 4 is 39.2 Å². The normalized spacial score (nSPS) is 12.0. The molecule has 6 heteroatoms. The highest BCUT2D eigenvalue weighted by Gasteiger charge is 2.38. The lowest BCUT2D eigenvalue weighted by atomic mass is 10.0. The van der Waals surface area contributed by atoms with Gasteiger partial charge in [-0.15, -0.1) is 0 Å². The molecule has 2 N–H and O–H groups in total. The smallest absolute Gasteiger partial charge is 0.284 e. The minimum absolute atomic E-state index is 0. The highest BCUT2D eigenvalue weighted by molar-refractivity contribution is 6.21. The summed E-state index contributed by atoms with van der Waals surface area (Å²) >= 11 is 0. The highest BCUT2D eigenvalue weighted by atomic mass is 79.9. The van der Waals surface area contributed by atoms with Crippen LogP contribution in [0.3, 0.4) is 0 Å². The van der Waals surface area contributed by atoms with Gasteiger partial charge in [-0.3, -0.25) is 9.59 Å². The maximum atomic E-state index is 13.1. The van der Waals surface area contributed by atoms with Gasteiger partial charge in [0, 0.05) is 39.7 Å². The third-order valence-electron chi connectivity index (χ3n) is 6.43. The molecule has 0 saturated heterocycles. The summed E-state index contributed by atoms with van der Waals surface area (Å²) in [6, 6.07) is 23.2. The van der Waals surface area contributed by atoms with Gasteiger partial charge in [-0.2, -0.15) is 4.57 Å². The molecule has 3 aromatic carbocycles. The summed E-state index contributed by atoms with van der Waals surface area (Å²) < 4.78 is 1.93. The lowest BCUT2D eigenvalue weighted by molar-refractivity contribution is -0.592. The van der Waals surface area contributed by atoms with Crippen LogP contribution in [0.15, 0.2) is 79.0 Å². The fourth-order valence-corrected chi connectivity index (χ4v) is 4.64. The second-order valence-corrected chi connectivity index (χ2v) is 8.79. The van der Waals surface area contributed by atoms with Crippen LogP contribution in [0.5, 0.6) is 0 Å². The first-order valence-corrected chi connectivity index (χ1v) is 11.1. The van der Waals surface area contributed by atoms with Crippen molar-refractivity contribution in [3.05, 3.63) is 101 Å². The van der Waals surface area contributed by atoms with Crippen molar-refractivity contribution in [2.24, 2.45) is 0 Å². The molecular formula is C28H22BrN3O2. The molecule has 5 aromatic rings. The van der Waals surface area contributed by atoms with Crippen molar-refractivity contribution in [3.8, 4) is 5.69 Å². The summed E-state index contributed by atoms with van der Waals surface area (Å²) in [7, 11) is 0. The Hall–Kier alpha value is -3.77. The van der Waals surface area contributed by atoms with Gasteiger partial charge in [-0.25, -0.2) is 0 Å². The molecule has 168 valence electrons. The molecule has 1 aliphatic rings. The number of H-pyrrole nitrogens is 1. The number of anilines is 1. The third kappa shape index (κ3) is 3.33. The van der Waals surface area contributed by atoms with Crippen molar-refractivity contribution in [3.63, 3.8) is 0 Å². The molecule has 1 aliphatic heterocycles. The standard InChI is InChI=1S/C28H21N3O2.BrH/c1-16(2)17-7-10-19(11-8-17)29-28(33)18-9-12-23-22(15-18)20-13-14-31-24-6-4-3-5-21(24)27(32)26(31)25(20)30-23;/h3-16H,1-2H3,(H,29,33);1H. The maximum Gasteiger partial charge on any atom is 0.284 e. The molecule has 0 unspecified atom stereocenters. The number of hydrogen-bond acceptors (Lipinski definition) is 2. The number of pyridine rings is 1. The Morgan fingerprint density at radius 1 is 0.941 bits per heavy atom. The molecule has 0 aliphatic carbocycles. The van der Waals surface area contributed by atoms with Crippen LogP contribution >= 0.6 is 0 Å². The number of benzene rings is 3. The number of nitrogens with zero attached hydrogens (tertiary/aromatic N) is 1. The zero-order valence-corrected chi connectivity index (χ0v) is 20.3. The Kier molecular flexibility index (Phi) is 5.33. The van der Waals surface area contributed by atoms with Crippen LogP contribution in [0.25, 0.3) is 27.5 Å². The van der Waals surface area contributed by atoms with E-state index in [9.17, 15) is 9.59 Å². The molecule has 0 bridgehead atoms. The Balaban J connectivity index is 0.00000241. The molecule has 0 saturated carbocycles. The second kappa shape index (κ2) is 8.22. The van der Waals surface area contributed by atoms with E-state index in [2.05, 4.69) is 24.1 Å². The van der Waals surface area contributed by atoms with E-state index in [-0.39, 0.29) is 28.7 Å². The molecule has 0 spiro atoms. The summed E-state index contributed by atoms with van der Waals surface area (Å²) in [5.41, 5.74) is 6.46. The van der Waals surface area contributed by atoms with Crippen molar-refractivity contribution in [1.29, 1.82) is 0 Å². The maximum absolute atomic E-state index is 13.1. The first kappa shape index (κ1) is 22.0. The Morgan fingerprint density at radius 2 is 1.71 bits per heavy atom. The van der Waals surface area contributed by atoms with E-state index >= 15 is 0 Å². The molecule has 5 nitrogen and oxygen atoms in total. The van der Waals surface area contributed by atoms with Crippen molar-refractivity contribution in [2.45, 2.75) is 19.8 Å². The number of amides is 1. The number of carbonyl (C=O) groups excluding carboxylic acids is 2. The van der Waals surface area contributed by atoms with Gasteiger partial charge in [0.05, 0.1) is 0 Å². The minimum Gasteiger partial charge on any atom is -1.00 e. The average molecular weight is 512 g/mol. The predicted octanol–water partition coefficient (Wildman–Crippen LogP) is 2.52. The van der Waals surface area contributed by atoms with E-state index in [0.29, 0.717) is 22.7 Å². The number of para-hydroxylation sites is 1. The summed E-state index contributed by atoms with van der Waals surface area (Å²) in [6.07, 6.45) is 1.93. The van der Waals surface area contributed by atoms with Gasteiger partial charge in [0.15, 0.2) is 6.20 Å². The van der Waals surface area contributed by atoms with Gasteiger partial charge in [0.1, 0.15) is 11.1 Å². The number of nitrogens with one attached hydrogen (secondary N) is 2. The van der Waals surface area contributed by atoms with Gasteiger partial charge in [-0.1, -0.05) is 38.1 Å². The molecular weight excluding hydrogens is 490 g/mol. The fraction of sp³-hybridized carbons (Fsp3) is 0.107. The van der Waals surface area contributed by atoms with Crippen molar-refractivity contribution in [1.82, 2.24) is 4.98 Å².